The van der Waals surface area contributed by atoms with Crippen LogP contribution in [0.3, 0.4) is 0 Å². The molecule has 0 amide bonds. The van der Waals surface area contributed by atoms with Crippen molar-refractivity contribution in [2.75, 3.05) is 0 Å². The smallest absolute Gasteiger partial charge is 0.251 e. The van der Waals surface area contributed by atoms with Crippen LogP contribution in [0.15, 0.2) is 17.1 Å². The summed E-state index contributed by atoms with van der Waals surface area (Å²) in [5, 5.41) is 0. The van der Waals surface area contributed by atoms with E-state index in [2.05, 4.69) is 22.2 Å². The van der Waals surface area contributed by atoms with Gasteiger partial charge in [0.05, 0.1) is 0 Å². The molecule has 0 saturated carbocycles. The predicted octanol–water partition coefficient (Wildman–Crippen LogP) is 0.0517. The van der Waals surface area contributed by atoms with Crippen molar-refractivity contribution in [2.24, 2.45) is 0 Å². The molecule has 0 aliphatic carbocycles. The SMILES string of the molecule is O=c1cc[nH]c(=S)[nH]1.[Na]. The fraction of sp³-hybridized carbons (Fsp3) is 0. The van der Waals surface area contributed by atoms with Crippen molar-refractivity contribution >= 4 is 41.8 Å². The molecule has 9 heavy (non-hydrogen) atoms. The van der Waals surface area contributed by atoms with E-state index < -0.39 is 0 Å². The number of aromatic nitrogens is 2. The van der Waals surface area contributed by atoms with Crippen LogP contribution >= 0.6 is 12.2 Å². The van der Waals surface area contributed by atoms with E-state index >= 15 is 0 Å². The number of rotatable bonds is 0. The molecule has 0 atom stereocenters. The van der Waals surface area contributed by atoms with Crippen molar-refractivity contribution in [1.82, 2.24) is 9.97 Å². The molecule has 1 heterocycles. The Kier molecular flexibility index (Phi) is 4.05. The summed E-state index contributed by atoms with van der Waals surface area (Å²) in [5.41, 5.74) is -0.172. The average molecular weight is 151 g/mol. The molecule has 0 saturated heterocycles. The quantitative estimate of drug-likeness (QED) is 0.406. The van der Waals surface area contributed by atoms with Crippen molar-refractivity contribution in [1.29, 1.82) is 0 Å². The van der Waals surface area contributed by atoms with Gasteiger partial charge in [-0.3, -0.25) is 9.78 Å². The molecule has 2 N–H and O–H groups in total. The maximum absolute atomic E-state index is 10.3. The van der Waals surface area contributed by atoms with E-state index in [1.807, 2.05) is 0 Å². The molecule has 1 aromatic rings. The average Bonchev–Trinajstić information content (AvgIpc) is 1.64. The summed E-state index contributed by atoms with van der Waals surface area (Å²) in [6.07, 6.45) is 1.50. The summed E-state index contributed by atoms with van der Waals surface area (Å²) < 4.78 is 0.359. The molecule has 1 rings (SSSR count). The van der Waals surface area contributed by atoms with Crippen LogP contribution < -0.4 is 5.56 Å². The zero-order valence-corrected chi connectivity index (χ0v) is 7.79. The van der Waals surface area contributed by atoms with Gasteiger partial charge >= 0.3 is 0 Å². The van der Waals surface area contributed by atoms with Gasteiger partial charge in [0.1, 0.15) is 0 Å². The van der Waals surface area contributed by atoms with Crippen LogP contribution in [0.4, 0.5) is 0 Å². The summed E-state index contributed by atoms with van der Waals surface area (Å²) in [7, 11) is 0. The van der Waals surface area contributed by atoms with E-state index in [1.54, 1.807) is 0 Å². The molecular weight excluding hydrogens is 147 g/mol. The monoisotopic (exact) mass is 151 g/mol. The molecule has 43 valence electrons. The Labute approximate surface area is 78.8 Å². The first-order valence-corrected chi connectivity index (χ1v) is 2.48. The van der Waals surface area contributed by atoms with Gasteiger partial charge < -0.3 is 4.98 Å². The van der Waals surface area contributed by atoms with Crippen LogP contribution in [0.2, 0.25) is 0 Å². The van der Waals surface area contributed by atoms with Gasteiger partial charge in [-0.05, 0) is 12.2 Å². The number of nitrogens with one attached hydrogen (secondary N) is 2. The third kappa shape index (κ3) is 2.95. The molecule has 5 heteroatoms. The van der Waals surface area contributed by atoms with Gasteiger partial charge in [0, 0.05) is 41.8 Å². The predicted molar refractivity (Wildman–Crippen MR) is 38.0 cm³/mol. The van der Waals surface area contributed by atoms with Gasteiger partial charge in [0.2, 0.25) is 0 Å². The Morgan fingerprint density at radius 2 is 2.22 bits per heavy atom. The zero-order valence-electron chi connectivity index (χ0n) is 4.97. The molecule has 1 aromatic heterocycles. The molecule has 0 bridgehead atoms. The first-order chi connectivity index (χ1) is 3.79. The van der Waals surface area contributed by atoms with E-state index in [0.717, 1.165) is 0 Å². The number of hydrogen-bond acceptors (Lipinski definition) is 2. The first-order valence-electron chi connectivity index (χ1n) is 2.07. The van der Waals surface area contributed by atoms with Crippen LogP contribution in [-0.4, -0.2) is 39.5 Å². The van der Waals surface area contributed by atoms with Gasteiger partial charge in [0.15, 0.2) is 4.77 Å². The fourth-order valence-electron chi connectivity index (χ4n) is 0.383. The van der Waals surface area contributed by atoms with Crippen LogP contribution in [0.25, 0.3) is 0 Å². The molecule has 1 radical (unpaired) electrons. The third-order valence-electron chi connectivity index (χ3n) is 0.686. The summed E-state index contributed by atoms with van der Waals surface area (Å²) >= 11 is 4.59. The molecule has 0 aliphatic rings. The Hall–Kier alpha value is 0.1000. The maximum atomic E-state index is 10.3. The second-order valence-corrected chi connectivity index (χ2v) is 1.70. The summed E-state index contributed by atoms with van der Waals surface area (Å²) in [6, 6.07) is 1.37. The minimum absolute atomic E-state index is 0. The zero-order chi connectivity index (χ0) is 5.98. The number of aromatic amines is 2. The molecule has 0 unspecified atom stereocenters. The van der Waals surface area contributed by atoms with E-state index in [9.17, 15) is 4.79 Å². The standard InChI is InChI=1S/C4H4N2OS.Na/c7-3-1-2-5-4(8)6-3;/h1-2H,(H2,5,6,7,8);. The third-order valence-corrected chi connectivity index (χ3v) is 0.906. The molecular formula is C4H4N2NaOS. The summed E-state index contributed by atoms with van der Waals surface area (Å²) in [5.74, 6) is 0. The molecule has 0 aliphatic heterocycles. The van der Waals surface area contributed by atoms with Crippen molar-refractivity contribution in [2.45, 2.75) is 0 Å². The normalized spacial score (nSPS) is 8.00. The van der Waals surface area contributed by atoms with Crippen LogP contribution in [0, 0.1) is 4.77 Å². The van der Waals surface area contributed by atoms with Gasteiger partial charge in [-0.15, -0.1) is 0 Å². The second-order valence-electron chi connectivity index (χ2n) is 1.30. The number of H-pyrrole nitrogens is 2. The second kappa shape index (κ2) is 4.00. The molecule has 0 fully saturated rings. The van der Waals surface area contributed by atoms with Crippen LogP contribution in [0.1, 0.15) is 0 Å². The minimum atomic E-state index is -0.172. The molecule has 0 aromatic carbocycles. The van der Waals surface area contributed by atoms with Gasteiger partial charge in [-0.1, -0.05) is 0 Å². The van der Waals surface area contributed by atoms with Gasteiger partial charge in [-0.2, -0.15) is 0 Å². The van der Waals surface area contributed by atoms with E-state index in [0.29, 0.717) is 4.77 Å². The molecule has 0 spiro atoms. The molecule has 3 nitrogen and oxygen atoms in total. The van der Waals surface area contributed by atoms with Crippen molar-refractivity contribution in [3.05, 3.63) is 27.4 Å². The van der Waals surface area contributed by atoms with E-state index in [4.69, 9.17) is 0 Å². The van der Waals surface area contributed by atoms with Crippen molar-refractivity contribution in [3.63, 3.8) is 0 Å². The largest absolute Gasteiger partial charge is 0.339 e. The van der Waals surface area contributed by atoms with E-state index in [-0.39, 0.29) is 35.1 Å². The Morgan fingerprint density at radius 1 is 1.56 bits per heavy atom. The van der Waals surface area contributed by atoms with Gasteiger partial charge in [0.25, 0.3) is 5.56 Å². The fourth-order valence-corrected chi connectivity index (χ4v) is 0.551. The van der Waals surface area contributed by atoms with Crippen LogP contribution in [-0.2, 0) is 0 Å². The summed E-state index contributed by atoms with van der Waals surface area (Å²) in [4.78, 5) is 15.4. The van der Waals surface area contributed by atoms with Crippen molar-refractivity contribution < 1.29 is 0 Å². The summed E-state index contributed by atoms with van der Waals surface area (Å²) in [6.45, 7) is 0. The Balaban J connectivity index is 0.000000640. The topological polar surface area (TPSA) is 48.6 Å². The van der Waals surface area contributed by atoms with Crippen LogP contribution in [0.5, 0.6) is 0 Å². The Morgan fingerprint density at radius 3 is 2.56 bits per heavy atom. The van der Waals surface area contributed by atoms with E-state index in [1.165, 1.54) is 12.3 Å². The van der Waals surface area contributed by atoms with Crippen molar-refractivity contribution in [3.8, 4) is 0 Å². The maximum Gasteiger partial charge on any atom is 0.251 e. The van der Waals surface area contributed by atoms with Gasteiger partial charge in [-0.25, -0.2) is 0 Å². The minimum Gasteiger partial charge on any atom is -0.339 e. The first kappa shape index (κ1) is 9.10. The Bertz CT molecular complexity index is 253. The number of hydrogen-bond donors (Lipinski definition) is 2.